The van der Waals surface area contributed by atoms with Crippen molar-refractivity contribution in [1.29, 1.82) is 0 Å². The Morgan fingerprint density at radius 2 is 1.74 bits per heavy atom. The number of nitrogens with zero attached hydrogens (tertiary/aromatic N) is 1. The fraction of sp³-hybridized carbons (Fsp3) is 0.118. The van der Waals surface area contributed by atoms with Gasteiger partial charge in [0.1, 0.15) is 4.90 Å². The number of halogens is 1. The summed E-state index contributed by atoms with van der Waals surface area (Å²) in [5, 5.41) is 0.798. The number of benzene rings is 2. The minimum absolute atomic E-state index is 0.194. The Morgan fingerprint density at radius 1 is 1.04 bits per heavy atom. The molecule has 1 aromatic heterocycles. The summed E-state index contributed by atoms with van der Waals surface area (Å²) in [6.45, 7) is 1.82. The maximum Gasteiger partial charge on any atom is 0.243 e. The summed E-state index contributed by atoms with van der Waals surface area (Å²) in [5.41, 5.74) is 1.37. The van der Waals surface area contributed by atoms with Crippen LogP contribution in [0.15, 0.2) is 70.2 Å². The van der Waals surface area contributed by atoms with E-state index in [4.69, 9.17) is 0 Å². The van der Waals surface area contributed by atoms with E-state index < -0.39 is 10.0 Å². The predicted octanol–water partition coefficient (Wildman–Crippen LogP) is 4.04. The van der Waals surface area contributed by atoms with Crippen molar-refractivity contribution in [3.05, 3.63) is 70.8 Å². The Labute approximate surface area is 143 Å². The van der Waals surface area contributed by atoms with Gasteiger partial charge in [0.15, 0.2) is 0 Å². The zero-order valence-electron chi connectivity index (χ0n) is 12.4. The largest absolute Gasteiger partial charge is 0.255 e. The highest BCUT2D eigenvalue weighted by atomic mass is 79.9. The van der Waals surface area contributed by atoms with Crippen LogP contribution < -0.4 is 4.72 Å². The third-order valence-electron chi connectivity index (χ3n) is 3.59. The summed E-state index contributed by atoms with van der Waals surface area (Å²) in [4.78, 5) is 4.41. The highest BCUT2D eigenvalue weighted by Crippen LogP contribution is 2.23. The Balaban J connectivity index is 1.96. The SMILES string of the molecule is CC(NS(=O)(=O)c1cccc2cccnc12)c1ccc(Br)cc1. The van der Waals surface area contributed by atoms with Gasteiger partial charge in [-0.15, -0.1) is 0 Å². The molecule has 0 fully saturated rings. The maximum atomic E-state index is 12.7. The van der Waals surface area contributed by atoms with E-state index in [1.807, 2.05) is 43.3 Å². The van der Waals surface area contributed by atoms with E-state index >= 15 is 0 Å². The second-order valence-corrected chi connectivity index (χ2v) is 7.82. The number of rotatable bonds is 4. The van der Waals surface area contributed by atoms with Crippen LogP contribution in [-0.2, 0) is 10.0 Å². The average molecular weight is 391 g/mol. The van der Waals surface area contributed by atoms with Crippen LogP contribution in [0.25, 0.3) is 10.9 Å². The summed E-state index contributed by atoms with van der Waals surface area (Å²) < 4.78 is 29.1. The molecule has 118 valence electrons. The van der Waals surface area contributed by atoms with Crippen molar-refractivity contribution < 1.29 is 8.42 Å². The molecule has 0 bridgehead atoms. The van der Waals surface area contributed by atoms with Gasteiger partial charge in [0.2, 0.25) is 10.0 Å². The summed E-state index contributed by atoms with van der Waals surface area (Å²) >= 11 is 3.37. The van der Waals surface area contributed by atoms with E-state index in [1.54, 1.807) is 24.4 Å². The van der Waals surface area contributed by atoms with E-state index in [9.17, 15) is 8.42 Å². The van der Waals surface area contributed by atoms with Crippen molar-refractivity contribution >= 4 is 36.9 Å². The first-order valence-corrected chi connectivity index (χ1v) is 9.36. The Bertz CT molecular complexity index is 935. The molecule has 0 amide bonds. The van der Waals surface area contributed by atoms with Gasteiger partial charge in [-0.2, -0.15) is 0 Å². The van der Waals surface area contributed by atoms with Gasteiger partial charge in [-0.1, -0.05) is 46.3 Å². The van der Waals surface area contributed by atoms with Crippen LogP contribution in [0, 0.1) is 0 Å². The van der Waals surface area contributed by atoms with Crippen LogP contribution in [0.3, 0.4) is 0 Å². The second kappa shape index (κ2) is 6.39. The van der Waals surface area contributed by atoms with Gasteiger partial charge < -0.3 is 0 Å². The van der Waals surface area contributed by atoms with Crippen LogP contribution >= 0.6 is 15.9 Å². The number of pyridine rings is 1. The van der Waals surface area contributed by atoms with Gasteiger partial charge in [-0.05, 0) is 36.8 Å². The van der Waals surface area contributed by atoms with E-state index in [1.165, 1.54) is 0 Å². The molecule has 4 nitrogen and oxygen atoms in total. The maximum absolute atomic E-state index is 12.7. The van der Waals surface area contributed by atoms with Crippen LogP contribution in [0.5, 0.6) is 0 Å². The van der Waals surface area contributed by atoms with Gasteiger partial charge in [0, 0.05) is 22.1 Å². The molecule has 1 atom stereocenters. The number of hydrogen-bond donors (Lipinski definition) is 1. The summed E-state index contributed by atoms with van der Waals surface area (Å²) in [6, 6.07) is 16.0. The highest BCUT2D eigenvalue weighted by molar-refractivity contribution is 9.10. The van der Waals surface area contributed by atoms with Gasteiger partial charge in [0.25, 0.3) is 0 Å². The molecule has 0 saturated carbocycles. The van der Waals surface area contributed by atoms with E-state index in [0.29, 0.717) is 5.52 Å². The van der Waals surface area contributed by atoms with Crippen molar-refractivity contribution in [2.24, 2.45) is 0 Å². The van der Waals surface area contributed by atoms with Gasteiger partial charge in [-0.3, -0.25) is 4.98 Å². The molecular weight excluding hydrogens is 376 g/mol. The zero-order valence-corrected chi connectivity index (χ0v) is 14.8. The number of sulfonamides is 1. The van der Waals surface area contributed by atoms with Crippen molar-refractivity contribution in [2.75, 3.05) is 0 Å². The Hall–Kier alpha value is -1.76. The minimum atomic E-state index is -3.67. The van der Waals surface area contributed by atoms with Crippen LogP contribution in [-0.4, -0.2) is 13.4 Å². The molecule has 3 rings (SSSR count). The summed E-state index contributed by atoms with van der Waals surface area (Å²) in [5.74, 6) is 0. The molecule has 1 N–H and O–H groups in total. The van der Waals surface area contributed by atoms with Crippen LogP contribution in [0.1, 0.15) is 18.5 Å². The van der Waals surface area contributed by atoms with Crippen molar-refractivity contribution in [3.63, 3.8) is 0 Å². The molecule has 0 aliphatic carbocycles. The van der Waals surface area contributed by atoms with Crippen molar-refractivity contribution in [3.8, 4) is 0 Å². The quantitative estimate of drug-likeness (QED) is 0.731. The lowest BCUT2D eigenvalue weighted by Gasteiger charge is -2.15. The van der Waals surface area contributed by atoms with Crippen molar-refractivity contribution in [2.45, 2.75) is 17.9 Å². The lowest BCUT2D eigenvalue weighted by molar-refractivity contribution is 0.567. The van der Waals surface area contributed by atoms with E-state index in [0.717, 1.165) is 15.4 Å². The topological polar surface area (TPSA) is 59.1 Å². The lowest BCUT2D eigenvalue weighted by Crippen LogP contribution is -2.27. The minimum Gasteiger partial charge on any atom is -0.255 e. The molecule has 0 aliphatic heterocycles. The first kappa shape index (κ1) is 16.1. The van der Waals surface area contributed by atoms with E-state index in [2.05, 4.69) is 25.6 Å². The average Bonchev–Trinajstić information content (AvgIpc) is 2.54. The summed E-state index contributed by atoms with van der Waals surface area (Å²) in [6.07, 6.45) is 1.60. The summed E-state index contributed by atoms with van der Waals surface area (Å²) in [7, 11) is -3.67. The molecule has 3 aromatic rings. The molecule has 2 aromatic carbocycles. The van der Waals surface area contributed by atoms with Crippen LogP contribution in [0.2, 0.25) is 0 Å². The third kappa shape index (κ3) is 3.44. The molecule has 0 aliphatic rings. The smallest absolute Gasteiger partial charge is 0.243 e. The number of aromatic nitrogens is 1. The molecule has 0 spiro atoms. The number of nitrogens with one attached hydrogen (secondary N) is 1. The number of fused-ring (bicyclic) bond motifs is 1. The standard InChI is InChI=1S/C17H15BrN2O2S/c1-12(13-7-9-15(18)10-8-13)20-23(21,22)16-6-2-4-14-5-3-11-19-17(14)16/h2-12,20H,1H3. The predicted molar refractivity (Wildman–Crippen MR) is 94.6 cm³/mol. The van der Waals surface area contributed by atoms with Gasteiger partial charge in [-0.25, -0.2) is 13.1 Å². The Morgan fingerprint density at radius 3 is 2.48 bits per heavy atom. The zero-order chi connectivity index (χ0) is 16.4. The van der Waals surface area contributed by atoms with E-state index in [-0.39, 0.29) is 10.9 Å². The first-order chi connectivity index (χ1) is 11.0. The van der Waals surface area contributed by atoms with Crippen LogP contribution in [0.4, 0.5) is 0 Å². The molecule has 6 heteroatoms. The van der Waals surface area contributed by atoms with Gasteiger partial charge in [0.05, 0.1) is 5.52 Å². The van der Waals surface area contributed by atoms with Gasteiger partial charge >= 0.3 is 0 Å². The number of hydrogen-bond acceptors (Lipinski definition) is 3. The molecular formula is C17H15BrN2O2S. The van der Waals surface area contributed by atoms with Crippen molar-refractivity contribution in [1.82, 2.24) is 9.71 Å². The fourth-order valence-electron chi connectivity index (χ4n) is 2.41. The molecule has 0 radical (unpaired) electrons. The molecule has 1 unspecified atom stereocenters. The highest BCUT2D eigenvalue weighted by Gasteiger charge is 2.21. The third-order valence-corrected chi connectivity index (χ3v) is 5.69. The Kier molecular flexibility index (Phi) is 4.48. The fourth-order valence-corrected chi connectivity index (χ4v) is 4.08. The second-order valence-electron chi connectivity index (χ2n) is 5.23. The first-order valence-electron chi connectivity index (χ1n) is 7.09. The lowest BCUT2D eigenvalue weighted by atomic mass is 10.1. The molecule has 1 heterocycles. The molecule has 23 heavy (non-hydrogen) atoms. The monoisotopic (exact) mass is 390 g/mol. The molecule has 0 saturated heterocycles. The number of para-hydroxylation sites is 1. The normalized spacial score (nSPS) is 13.1.